The van der Waals surface area contributed by atoms with Crippen LogP contribution in [0.25, 0.3) is 0 Å². The highest BCUT2D eigenvalue weighted by Gasteiger charge is 2.30. The van der Waals surface area contributed by atoms with Crippen molar-refractivity contribution in [1.82, 2.24) is 10.9 Å². The predicted molar refractivity (Wildman–Crippen MR) is 59.2 cm³/mol. The van der Waals surface area contributed by atoms with Crippen molar-refractivity contribution in [1.29, 1.82) is 0 Å². The molecule has 0 bridgehead atoms. The first-order chi connectivity index (χ1) is 8.18. The van der Waals surface area contributed by atoms with Crippen LogP contribution in [0.3, 0.4) is 0 Å². The molecule has 0 aromatic carbocycles. The fraction of sp³-hybridized carbons (Fsp3) is 0.200. The molecule has 17 heavy (non-hydrogen) atoms. The maximum atomic E-state index is 11.6. The molecule has 1 aliphatic heterocycles. The maximum Gasteiger partial charge on any atom is 0.288 e. The van der Waals surface area contributed by atoms with E-state index in [2.05, 4.69) is 21.1 Å². The largest absolute Gasteiger partial charge is 0.463 e. The van der Waals surface area contributed by atoms with Gasteiger partial charge in [-0.3, -0.25) is 9.59 Å². The van der Waals surface area contributed by atoms with Gasteiger partial charge in [0.25, 0.3) is 5.91 Å². The van der Waals surface area contributed by atoms with E-state index in [4.69, 9.17) is 4.42 Å². The highest BCUT2D eigenvalue weighted by molar-refractivity contribution is 6.44. The van der Waals surface area contributed by atoms with Gasteiger partial charge in [0.1, 0.15) is 11.5 Å². The van der Waals surface area contributed by atoms with Crippen molar-refractivity contribution in [2.75, 3.05) is 0 Å². The molecular formula is C10H10N4O3. The fourth-order valence-corrected chi connectivity index (χ4v) is 1.26. The molecule has 2 amide bonds. The highest BCUT2D eigenvalue weighted by Crippen LogP contribution is 2.05. The number of nitrogens with one attached hydrogen (secondary N) is 2. The summed E-state index contributed by atoms with van der Waals surface area (Å²) in [5, 5.41) is 7.30. The SMILES string of the molecule is C[C@H]1C(=O)NN=C1C(=O)N/N=C\c1ccco1. The van der Waals surface area contributed by atoms with Gasteiger partial charge in [-0.05, 0) is 19.1 Å². The number of furan rings is 1. The molecule has 1 atom stereocenters. The van der Waals surface area contributed by atoms with E-state index in [1.54, 1.807) is 19.1 Å². The van der Waals surface area contributed by atoms with Crippen LogP contribution in [0.15, 0.2) is 33.0 Å². The standard InChI is InChI=1S/C10H10N4O3/c1-6-8(12-14-9(6)15)10(16)13-11-5-7-3-2-4-17-7/h2-6H,1H3,(H,13,16)(H,14,15)/b11-5-/t6-/m1/s1. The predicted octanol–water partition coefficient (Wildman–Crippen LogP) is -0.148. The van der Waals surface area contributed by atoms with E-state index in [9.17, 15) is 9.59 Å². The zero-order valence-electron chi connectivity index (χ0n) is 9.01. The Bertz CT molecular complexity index is 490. The van der Waals surface area contributed by atoms with Crippen LogP contribution in [0.5, 0.6) is 0 Å². The van der Waals surface area contributed by atoms with Crippen LogP contribution in [-0.2, 0) is 9.59 Å². The number of hydrazone groups is 2. The molecule has 1 aromatic heterocycles. The number of amides is 2. The van der Waals surface area contributed by atoms with Gasteiger partial charge in [0.05, 0.1) is 18.4 Å². The second-order valence-corrected chi connectivity index (χ2v) is 3.41. The van der Waals surface area contributed by atoms with Crippen LogP contribution in [0, 0.1) is 5.92 Å². The van der Waals surface area contributed by atoms with Crippen molar-refractivity contribution in [2.45, 2.75) is 6.92 Å². The smallest absolute Gasteiger partial charge is 0.288 e. The lowest BCUT2D eigenvalue weighted by molar-refractivity contribution is -0.122. The summed E-state index contributed by atoms with van der Waals surface area (Å²) in [4.78, 5) is 22.6. The Morgan fingerprint density at radius 2 is 2.53 bits per heavy atom. The van der Waals surface area contributed by atoms with Crippen LogP contribution >= 0.6 is 0 Å². The van der Waals surface area contributed by atoms with Crippen molar-refractivity contribution in [3.8, 4) is 0 Å². The molecule has 0 unspecified atom stereocenters. The van der Waals surface area contributed by atoms with Crippen LogP contribution in [-0.4, -0.2) is 23.7 Å². The average Bonchev–Trinajstić information content (AvgIpc) is 2.91. The molecule has 0 aliphatic carbocycles. The lowest BCUT2D eigenvalue weighted by Gasteiger charge is -2.01. The molecule has 1 aromatic rings. The summed E-state index contributed by atoms with van der Waals surface area (Å²) in [6, 6.07) is 3.39. The summed E-state index contributed by atoms with van der Waals surface area (Å²) in [5.41, 5.74) is 4.60. The number of carbonyl (C=O) groups is 2. The normalized spacial score (nSPS) is 19.2. The van der Waals surface area contributed by atoms with Crippen molar-refractivity contribution < 1.29 is 14.0 Å². The first kappa shape index (κ1) is 11.1. The minimum atomic E-state index is -0.561. The third-order valence-corrected chi connectivity index (χ3v) is 2.22. The van der Waals surface area contributed by atoms with Gasteiger partial charge in [0.2, 0.25) is 5.91 Å². The second kappa shape index (κ2) is 4.60. The summed E-state index contributed by atoms with van der Waals surface area (Å²) >= 11 is 0. The molecule has 0 saturated heterocycles. The number of nitrogens with zero attached hydrogens (tertiary/aromatic N) is 2. The van der Waals surface area contributed by atoms with E-state index in [-0.39, 0.29) is 11.6 Å². The van der Waals surface area contributed by atoms with E-state index >= 15 is 0 Å². The van der Waals surface area contributed by atoms with Crippen molar-refractivity contribution in [3.63, 3.8) is 0 Å². The van der Waals surface area contributed by atoms with Gasteiger partial charge in [-0.25, -0.2) is 10.9 Å². The molecule has 7 heteroatoms. The second-order valence-electron chi connectivity index (χ2n) is 3.41. The van der Waals surface area contributed by atoms with Crippen LogP contribution in [0.4, 0.5) is 0 Å². The summed E-state index contributed by atoms with van der Waals surface area (Å²) in [6.07, 6.45) is 2.85. The van der Waals surface area contributed by atoms with Gasteiger partial charge in [-0.2, -0.15) is 10.2 Å². The van der Waals surface area contributed by atoms with E-state index in [1.165, 1.54) is 12.5 Å². The summed E-state index contributed by atoms with van der Waals surface area (Å²) in [7, 11) is 0. The molecule has 2 heterocycles. The molecule has 0 saturated carbocycles. The Morgan fingerprint density at radius 1 is 1.71 bits per heavy atom. The Hall–Kier alpha value is -2.44. The average molecular weight is 234 g/mol. The molecule has 1 aliphatic rings. The number of hydrogen-bond acceptors (Lipinski definition) is 5. The van der Waals surface area contributed by atoms with Crippen LogP contribution in [0.2, 0.25) is 0 Å². The molecule has 7 nitrogen and oxygen atoms in total. The highest BCUT2D eigenvalue weighted by atomic mass is 16.3. The molecule has 2 N–H and O–H groups in total. The Labute approximate surface area is 96.6 Å². The molecule has 0 spiro atoms. The van der Waals surface area contributed by atoms with Gasteiger partial charge < -0.3 is 4.42 Å². The van der Waals surface area contributed by atoms with Crippen molar-refractivity contribution >= 4 is 23.7 Å². The molecule has 0 radical (unpaired) electrons. The fourth-order valence-electron chi connectivity index (χ4n) is 1.26. The Kier molecular flexibility index (Phi) is 2.99. The molecule has 0 fully saturated rings. The van der Waals surface area contributed by atoms with Gasteiger partial charge in [0, 0.05) is 0 Å². The molecular weight excluding hydrogens is 224 g/mol. The lowest BCUT2D eigenvalue weighted by Crippen LogP contribution is -2.32. The summed E-state index contributed by atoms with van der Waals surface area (Å²) in [6.45, 7) is 1.59. The van der Waals surface area contributed by atoms with Crippen molar-refractivity contribution in [2.24, 2.45) is 16.1 Å². The monoisotopic (exact) mass is 234 g/mol. The maximum absolute atomic E-state index is 11.6. The molecule has 88 valence electrons. The summed E-state index contributed by atoms with van der Waals surface area (Å²) < 4.78 is 4.98. The van der Waals surface area contributed by atoms with Gasteiger partial charge in [-0.15, -0.1) is 0 Å². The minimum Gasteiger partial charge on any atom is -0.463 e. The van der Waals surface area contributed by atoms with E-state index in [0.29, 0.717) is 5.76 Å². The zero-order chi connectivity index (χ0) is 12.3. The topological polar surface area (TPSA) is 96.1 Å². The van der Waals surface area contributed by atoms with Crippen LogP contribution < -0.4 is 10.9 Å². The number of hydrogen-bond donors (Lipinski definition) is 2. The minimum absolute atomic E-state index is 0.117. The zero-order valence-corrected chi connectivity index (χ0v) is 9.01. The van der Waals surface area contributed by atoms with Gasteiger partial charge in [-0.1, -0.05) is 0 Å². The lowest BCUT2D eigenvalue weighted by atomic mass is 10.1. The number of rotatable bonds is 3. The number of carbonyl (C=O) groups excluding carboxylic acids is 2. The first-order valence-electron chi connectivity index (χ1n) is 4.93. The van der Waals surface area contributed by atoms with Crippen molar-refractivity contribution in [3.05, 3.63) is 24.2 Å². The first-order valence-corrected chi connectivity index (χ1v) is 4.93. The van der Waals surface area contributed by atoms with E-state index in [1.807, 2.05) is 0 Å². The van der Waals surface area contributed by atoms with Gasteiger partial charge >= 0.3 is 0 Å². The molecule has 2 rings (SSSR count). The Morgan fingerprint density at radius 3 is 3.12 bits per heavy atom. The van der Waals surface area contributed by atoms with Crippen LogP contribution in [0.1, 0.15) is 12.7 Å². The third-order valence-electron chi connectivity index (χ3n) is 2.22. The van der Waals surface area contributed by atoms with E-state index < -0.39 is 11.8 Å². The van der Waals surface area contributed by atoms with E-state index in [0.717, 1.165) is 0 Å². The Balaban J connectivity index is 1.92. The summed E-state index contributed by atoms with van der Waals surface area (Å²) in [5.74, 6) is -0.862. The quantitative estimate of drug-likeness (QED) is 0.562. The third kappa shape index (κ3) is 2.39. The van der Waals surface area contributed by atoms with Gasteiger partial charge in [0.15, 0.2) is 0 Å².